The van der Waals surface area contributed by atoms with Crippen molar-refractivity contribution >= 4 is 11.8 Å². The number of hydrogen-bond acceptors (Lipinski definition) is 6. The van der Waals surface area contributed by atoms with Crippen molar-refractivity contribution in [3.63, 3.8) is 0 Å². The van der Waals surface area contributed by atoms with Crippen LogP contribution in [-0.4, -0.2) is 34.6 Å². The standard InChI is InChI=1S/C23H30N4O2/c1-29-22(28)13-11-18(20-15-24-17-25-16-20)7-4-2-3-5-9-21-12-10-19-8-6-14-26-23(19)27-21/h4,7,10,12,15-18H,2-3,5-6,8-9,11,13-14H2,1H3,(H,26,27)/b7-4+. The van der Waals surface area contributed by atoms with E-state index in [1.807, 2.05) is 12.4 Å². The molecule has 0 saturated carbocycles. The summed E-state index contributed by atoms with van der Waals surface area (Å²) in [5.41, 5.74) is 3.53. The lowest BCUT2D eigenvalue weighted by molar-refractivity contribution is -0.140. The minimum Gasteiger partial charge on any atom is -0.469 e. The molecule has 3 rings (SSSR count). The van der Waals surface area contributed by atoms with E-state index in [0.717, 1.165) is 50.0 Å². The fourth-order valence-corrected chi connectivity index (χ4v) is 3.59. The van der Waals surface area contributed by atoms with Crippen LogP contribution in [0.2, 0.25) is 0 Å². The molecule has 0 aliphatic carbocycles. The smallest absolute Gasteiger partial charge is 0.305 e. The summed E-state index contributed by atoms with van der Waals surface area (Å²) in [6, 6.07) is 4.39. The number of pyridine rings is 1. The zero-order valence-corrected chi connectivity index (χ0v) is 17.1. The van der Waals surface area contributed by atoms with Crippen LogP contribution in [0.5, 0.6) is 0 Å². The second-order valence-electron chi connectivity index (χ2n) is 7.41. The number of carbonyl (C=O) groups is 1. The zero-order chi connectivity index (χ0) is 20.3. The molecule has 1 aliphatic heterocycles. The van der Waals surface area contributed by atoms with Crippen molar-refractivity contribution < 1.29 is 9.53 Å². The molecule has 6 heteroatoms. The third-order valence-corrected chi connectivity index (χ3v) is 5.27. The number of esters is 1. The van der Waals surface area contributed by atoms with E-state index < -0.39 is 0 Å². The number of aryl methyl sites for hydroxylation is 2. The molecule has 2 aromatic rings. The maximum Gasteiger partial charge on any atom is 0.305 e. The Morgan fingerprint density at radius 3 is 2.97 bits per heavy atom. The van der Waals surface area contributed by atoms with E-state index in [1.54, 1.807) is 0 Å². The second-order valence-corrected chi connectivity index (χ2v) is 7.41. The molecule has 3 heterocycles. The first kappa shape index (κ1) is 21.0. The van der Waals surface area contributed by atoms with Gasteiger partial charge in [-0.1, -0.05) is 18.2 Å². The summed E-state index contributed by atoms with van der Waals surface area (Å²) < 4.78 is 4.77. The number of rotatable bonds is 10. The molecule has 0 saturated heterocycles. The molecule has 6 nitrogen and oxygen atoms in total. The Balaban J connectivity index is 1.45. The molecule has 1 N–H and O–H groups in total. The molecule has 1 atom stereocenters. The molecule has 0 aromatic carbocycles. The Morgan fingerprint density at radius 1 is 1.28 bits per heavy atom. The van der Waals surface area contributed by atoms with E-state index in [1.165, 1.54) is 31.1 Å². The predicted octanol–water partition coefficient (Wildman–Crippen LogP) is 4.24. The van der Waals surface area contributed by atoms with E-state index >= 15 is 0 Å². The van der Waals surface area contributed by atoms with Crippen molar-refractivity contribution in [1.82, 2.24) is 15.0 Å². The van der Waals surface area contributed by atoms with Gasteiger partial charge in [0.05, 0.1) is 7.11 Å². The molecule has 2 aromatic heterocycles. The number of unbranched alkanes of at least 4 members (excludes halogenated alkanes) is 2. The van der Waals surface area contributed by atoms with Gasteiger partial charge in [-0.25, -0.2) is 15.0 Å². The van der Waals surface area contributed by atoms with Crippen LogP contribution in [-0.2, 0) is 22.4 Å². The second kappa shape index (κ2) is 11.3. The Kier molecular flexibility index (Phi) is 8.16. The van der Waals surface area contributed by atoms with Crippen molar-refractivity contribution in [2.75, 3.05) is 19.0 Å². The number of nitrogens with one attached hydrogen (secondary N) is 1. The topological polar surface area (TPSA) is 77.0 Å². The van der Waals surface area contributed by atoms with Crippen LogP contribution in [0.4, 0.5) is 5.82 Å². The molecule has 29 heavy (non-hydrogen) atoms. The first-order valence-corrected chi connectivity index (χ1v) is 10.5. The Morgan fingerprint density at radius 2 is 2.14 bits per heavy atom. The Hall–Kier alpha value is -2.76. The van der Waals surface area contributed by atoms with Crippen molar-refractivity contribution in [2.24, 2.45) is 0 Å². The third kappa shape index (κ3) is 6.66. The number of nitrogens with zero attached hydrogens (tertiary/aromatic N) is 3. The fraction of sp³-hybridized carbons (Fsp3) is 0.478. The number of anilines is 1. The molecule has 154 valence electrons. The van der Waals surface area contributed by atoms with Crippen LogP contribution in [0.15, 0.2) is 43.0 Å². The van der Waals surface area contributed by atoms with Crippen LogP contribution in [0, 0.1) is 0 Å². The summed E-state index contributed by atoms with van der Waals surface area (Å²) in [5, 5.41) is 3.40. The highest BCUT2D eigenvalue weighted by molar-refractivity contribution is 5.69. The number of hydrogen-bond donors (Lipinski definition) is 1. The summed E-state index contributed by atoms with van der Waals surface area (Å²) in [7, 11) is 1.42. The van der Waals surface area contributed by atoms with Crippen LogP contribution < -0.4 is 5.32 Å². The Bertz CT molecular complexity index is 808. The number of methoxy groups -OCH3 is 1. The highest BCUT2D eigenvalue weighted by atomic mass is 16.5. The van der Waals surface area contributed by atoms with Crippen molar-refractivity contribution in [1.29, 1.82) is 0 Å². The van der Waals surface area contributed by atoms with Gasteiger partial charge in [-0.2, -0.15) is 0 Å². The van der Waals surface area contributed by atoms with Gasteiger partial charge in [0.25, 0.3) is 0 Å². The molecule has 0 spiro atoms. The number of carbonyl (C=O) groups excluding carboxylic acids is 1. The van der Waals surface area contributed by atoms with Gasteiger partial charge in [0.1, 0.15) is 12.1 Å². The zero-order valence-electron chi connectivity index (χ0n) is 17.1. The number of aromatic nitrogens is 3. The minimum absolute atomic E-state index is 0.128. The van der Waals surface area contributed by atoms with E-state index in [4.69, 9.17) is 9.72 Å². The molecule has 0 bridgehead atoms. The van der Waals surface area contributed by atoms with Crippen molar-refractivity contribution in [3.05, 3.63) is 59.8 Å². The predicted molar refractivity (Wildman–Crippen MR) is 114 cm³/mol. The Labute approximate surface area is 172 Å². The summed E-state index contributed by atoms with van der Waals surface area (Å²) in [6.45, 7) is 1.03. The molecule has 0 radical (unpaired) electrons. The molecule has 1 aliphatic rings. The van der Waals surface area contributed by atoms with Gasteiger partial charge in [-0.3, -0.25) is 4.79 Å². The SMILES string of the molecule is COC(=O)CCC(/C=C/CCCCc1ccc2c(n1)NCCC2)c1cncnc1. The van der Waals surface area contributed by atoms with Gasteiger partial charge in [0.15, 0.2) is 0 Å². The molecule has 1 unspecified atom stereocenters. The first-order chi connectivity index (χ1) is 14.3. The summed E-state index contributed by atoms with van der Waals surface area (Å²) >= 11 is 0. The van der Waals surface area contributed by atoms with Crippen molar-refractivity contribution in [3.8, 4) is 0 Å². The maximum absolute atomic E-state index is 11.5. The van der Waals surface area contributed by atoms with Crippen LogP contribution in [0.1, 0.15) is 61.3 Å². The van der Waals surface area contributed by atoms with E-state index in [0.29, 0.717) is 12.8 Å². The summed E-state index contributed by atoms with van der Waals surface area (Å²) in [4.78, 5) is 24.5. The van der Waals surface area contributed by atoms with Crippen LogP contribution in [0.25, 0.3) is 0 Å². The average molecular weight is 395 g/mol. The molecular weight excluding hydrogens is 364 g/mol. The lowest BCUT2D eigenvalue weighted by Crippen LogP contribution is -2.13. The largest absolute Gasteiger partial charge is 0.469 e. The van der Waals surface area contributed by atoms with E-state index in [9.17, 15) is 4.79 Å². The fourth-order valence-electron chi connectivity index (χ4n) is 3.59. The molecular formula is C23H30N4O2. The highest BCUT2D eigenvalue weighted by Gasteiger charge is 2.12. The lowest BCUT2D eigenvalue weighted by atomic mass is 9.95. The highest BCUT2D eigenvalue weighted by Crippen LogP contribution is 2.23. The van der Waals surface area contributed by atoms with Crippen molar-refractivity contribution in [2.45, 2.75) is 57.3 Å². The normalized spacial score (nSPS) is 14.2. The van der Waals surface area contributed by atoms with Crippen LogP contribution >= 0.6 is 0 Å². The van der Waals surface area contributed by atoms with Gasteiger partial charge in [0, 0.05) is 37.0 Å². The molecule has 0 fully saturated rings. The van der Waals surface area contributed by atoms with Gasteiger partial charge in [0.2, 0.25) is 0 Å². The van der Waals surface area contributed by atoms with Gasteiger partial charge in [-0.05, 0) is 62.1 Å². The van der Waals surface area contributed by atoms with Gasteiger partial charge in [-0.15, -0.1) is 0 Å². The lowest BCUT2D eigenvalue weighted by Gasteiger charge is -2.17. The third-order valence-electron chi connectivity index (χ3n) is 5.27. The number of fused-ring (bicyclic) bond motifs is 1. The van der Waals surface area contributed by atoms with E-state index in [2.05, 4.69) is 39.6 Å². The number of allylic oxidation sites excluding steroid dienone is 2. The van der Waals surface area contributed by atoms with Gasteiger partial charge >= 0.3 is 5.97 Å². The average Bonchev–Trinajstić information content (AvgIpc) is 2.78. The van der Waals surface area contributed by atoms with Crippen LogP contribution in [0.3, 0.4) is 0 Å². The van der Waals surface area contributed by atoms with Gasteiger partial charge < -0.3 is 10.1 Å². The summed E-state index contributed by atoms with van der Waals surface area (Å²) in [6.07, 6.45) is 17.2. The maximum atomic E-state index is 11.5. The first-order valence-electron chi connectivity index (χ1n) is 10.5. The van der Waals surface area contributed by atoms with E-state index in [-0.39, 0.29) is 11.9 Å². The monoisotopic (exact) mass is 394 g/mol. The molecule has 0 amide bonds. The quantitative estimate of drug-likeness (QED) is 0.369. The minimum atomic E-state index is -0.188. The number of ether oxygens (including phenoxy) is 1. The summed E-state index contributed by atoms with van der Waals surface area (Å²) in [5.74, 6) is 1.02.